The topological polar surface area (TPSA) is 69.0 Å². The summed E-state index contributed by atoms with van der Waals surface area (Å²) in [5.74, 6) is 1.58. The zero-order valence-corrected chi connectivity index (χ0v) is 16.8. The standard InChI is InChI=1S/C19H23ClN4O2S/c1-24-17(22-23-19(24)27-13-15-6-4-12-26-15)10-11-21-18(25)9-8-14-5-2-3-7-16(14)20/h2-3,5,7-9,15H,4,6,10-13H2,1H3,(H,21,25). The van der Waals surface area contributed by atoms with Gasteiger partial charge in [0.2, 0.25) is 5.91 Å². The normalized spacial score (nSPS) is 16.9. The maximum absolute atomic E-state index is 12.0. The number of hydrogen-bond acceptors (Lipinski definition) is 5. The van der Waals surface area contributed by atoms with Crippen molar-refractivity contribution in [1.29, 1.82) is 0 Å². The number of nitrogens with zero attached hydrogens (tertiary/aromatic N) is 3. The molecule has 1 aromatic heterocycles. The van der Waals surface area contributed by atoms with Gasteiger partial charge in [-0.25, -0.2) is 0 Å². The van der Waals surface area contributed by atoms with Crippen LogP contribution in [0.25, 0.3) is 6.08 Å². The maximum Gasteiger partial charge on any atom is 0.244 e. The summed E-state index contributed by atoms with van der Waals surface area (Å²) in [7, 11) is 1.95. The van der Waals surface area contributed by atoms with E-state index in [-0.39, 0.29) is 5.91 Å². The first kappa shape index (κ1) is 19.9. The molecule has 2 aromatic rings. The Labute approximate surface area is 168 Å². The SMILES string of the molecule is Cn1c(CCNC(=O)C=Cc2ccccc2Cl)nnc1SCC1CCCO1. The highest BCUT2D eigenvalue weighted by molar-refractivity contribution is 7.99. The van der Waals surface area contributed by atoms with Gasteiger partial charge < -0.3 is 14.6 Å². The monoisotopic (exact) mass is 406 g/mol. The van der Waals surface area contributed by atoms with Crippen LogP contribution in [0.5, 0.6) is 0 Å². The van der Waals surface area contributed by atoms with Crippen LogP contribution in [0.15, 0.2) is 35.5 Å². The van der Waals surface area contributed by atoms with E-state index in [9.17, 15) is 4.79 Å². The van der Waals surface area contributed by atoms with Crippen LogP contribution in [-0.4, -0.2) is 45.7 Å². The molecule has 1 amide bonds. The Morgan fingerprint density at radius 2 is 2.30 bits per heavy atom. The van der Waals surface area contributed by atoms with E-state index in [0.29, 0.717) is 24.1 Å². The molecule has 1 aliphatic heterocycles. The minimum Gasteiger partial charge on any atom is -0.377 e. The number of halogens is 1. The van der Waals surface area contributed by atoms with Crippen LogP contribution in [0.4, 0.5) is 0 Å². The van der Waals surface area contributed by atoms with Crippen LogP contribution in [-0.2, 0) is 23.0 Å². The van der Waals surface area contributed by atoms with Gasteiger partial charge in [-0.1, -0.05) is 41.6 Å². The first-order valence-corrected chi connectivity index (χ1v) is 10.3. The van der Waals surface area contributed by atoms with Crippen LogP contribution in [0.1, 0.15) is 24.2 Å². The molecular formula is C19H23ClN4O2S. The molecule has 1 aliphatic rings. The molecule has 8 heteroatoms. The van der Waals surface area contributed by atoms with Crippen LogP contribution in [0.2, 0.25) is 5.02 Å². The molecular weight excluding hydrogens is 384 g/mol. The van der Waals surface area contributed by atoms with Crippen molar-refractivity contribution < 1.29 is 9.53 Å². The first-order valence-electron chi connectivity index (χ1n) is 8.96. The number of rotatable bonds is 8. The lowest BCUT2D eigenvalue weighted by molar-refractivity contribution is -0.116. The van der Waals surface area contributed by atoms with Crippen molar-refractivity contribution in [3.05, 3.63) is 46.8 Å². The Balaban J connectivity index is 1.43. The summed E-state index contributed by atoms with van der Waals surface area (Å²) in [4.78, 5) is 12.0. The molecule has 3 rings (SSSR count). The van der Waals surface area contributed by atoms with Gasteiger partial charge in [-0.05, 0) is 30.5 Å². The Hall–Kier alpha value is -1.83. The van der Waals surface area contributed by atoms with E-state index in [1.165, 1.54) is 6.08 Å². The summed E-state index contributed by atoms with van der Waals surface area (Å²) < 4.78 is 7.61. The molecule has 0 aliphatic carbocycles. The Morgan fingerprint density at radius 3 is 3.07 bits per heavy atom. The Morgan fingerprint density at radius 1 is 1.44 bits per heavy atom. The van der Waals surface area contributed by atoms with Crippen molar-refractivity contribution in [3.63, 3.8) is 0 Å². The molecule has 6 nitrogen and oxygen atoms in total. The molecule has 0 bridgehead atoms. The van der Waals surface area contributed by atoms with Gasteiger partial charge in [0.1, 0.15) is 5.82 Å². The number of carbonyl (C=O) groups excluding carboxylic acids is 1. The second-order valence-corrected chi connectivity index (χ2v) is 7.69. The minimum absolute atomic E-state index is 0.162. The van der Waals surface area contributed by atoms with Crippen molar-refractivity contribution in [1.82, 2.24) is 20.1 Å². The van der Waals surface area contributed by atoms with E-state index in [2.05, 4.69) is 15.5 Å². The van der Waals surface area contributed by atoms with Crippen molar-refractivity contribution >= 4 is 35.3 Å². The highest BCUT2D eigenvalue weighted by Crippen LogP contribution is 2.22. The first-order chi connectivity index (χ1) is 13.1. The second-order valence-electron chi connectivity index (χ2n) is 6.30. The molecule has 0 spiro atoms. The molecule has 2 heterocycles. The van der Waals surface area contributed by atoms with Crippen LogP contribution in [0.3, 0.4) is 0 Å². The van der Waals surface area contributed by atoms with E-state index in [1.54, 1.807) is 23.9 Å². The summed E-state index contributed by atoms with van der Waals surface area (Å²) in [5, 5.41) is 12.8. The lowest BCUT2D eigenvalue weighted by atomic mass is 10.2. The van der Waals surface area contributed by atoms with E-state index in [1.807, 2.05) is 29.8 Å². The number of aromatic nitrogens is 3. The van der Waals surface area contributed by atoms with Gasteiger partial charge in [-0.2, -0.15) is 0 Å². The predicted molar refractivity (Wildman–Crippen MR) is 108 cm³/mol. The third-order valence-corrected chi connectivity index (χ3v) is 5.81. The molecule has 1 atom stereocenters. The zero-order valence-electron chi connectivity index (χ0n) is 15.2. The number of amides is 1. The smallest absolute Gasteiger partial charge is 0.244 e. The summed E-state index contributed by atoms with van der Waals surface area (Å²) in [6, 6.07) is 7.39. The fourth-order valence-electron chi connectivity index (χ4n) is 2.76. The zero-order chi connectivity index (χ0) is 19.1. The van der Waals surface area contributed by atoms with E-state index in [4.69, 9.17) is 16.3 Å². The molecule has 1 saturated heterocycles. The van der Waals surface area contributed by atoms with Gasteiger partial charge in [0.25, 0.3) is 0 Å². The number of benzene rings is 1. The highest BCUT2D eigenvalue weighted by Gasteiger charge is 2.17. The fraction of sp³-hybridized carbons (Fsp3) is 0.421. The third-order valence-electron chi connectivity index (χ3n) is 4.31. The number of carbonyl (C=O) groups is 1. The quantitative estimate of drug-likeness (QED) is 0.538. The van der Waals surface area contributed by atoms with Gasteiger partial charge in [0.05, 0.1) is 6.10 Å². The number of nitrogens with one attached hydrogen (secondary N) is 1. The van der Waals surface area contributed by atoms with Crippen molar-refractivity contribution in [2.24, 2.45) is 7.05 Å². The molecule has 1 N–H and O–H groups in total. The van der Waals surface area contributed by atoms with Gasteiger partial charge in [-0.3, -0.25) is 4.79 Å². The highest BCUT2D eigenvalue weighted by atomic mass is 35.5. The van der Waals surface area contributed by atoms with Crippen molar-refractivity contribution in [2.75, 3.05) is 18.9 Å². The van der Waals surface area contributed by atoms with Gasteiger partial charge >= 0.3 is 0 Å². The van der Waals surface area contributed by atoms with Gasteiger partial charge in [0.15, 0.2) is 5.16 Å². The number of thioether (sulfide) groups is 1. The van der Waals surface area contributed by atoms with Crippen LogP contribution in [0, 0.1) is 0 Å². The lowest BCUT2D eigenvalue weighted by Gasteiger charge is -2.08. The fourth-order valence-corrected chi connectivity index (χ4v) is 3.96. The number of ether oxygens (including phenoxy) is 1. The van der Waals surface area contributed by atoms with Crippen LogP contribution >= 0.6 is 23.4 Å². The molecule has 1 unspecified atom stereocenters. The van der Waals surface area contributed by atoms with Crippen molar-refractivity contribution in [3.8, 4) is 0 Å². The molecule has 27 heavy (non-hydrogen) atoms. The molecule has 144 valence electrons. The minimum atomic E-state index is -0.162. The van der Waals surface area contributed by atoms with Crippen molar-refractivity contribution in [2.45, 2.75) is 30.5 Å². The Bertz CT molecular complexity index is 803. The average molecular weight is 407 g/mol. The van der Waals surface area contributed by atoms with Crippen LogP contribution < -0.4 is 5.32 Å². The molecule has 0 radical (unpaired) electrons. The summed E-state index contributed by atoms with van der Waals surface area (Å²) >= 11 is 7.73. The third kappa shape index (κ3) is 5.82. The molecule has 0 saturated carbocycles. The average Bonchev–Trinajstić information content (AvgIpc) is 3.30. The summed E-state index contributed by atoms with van der Waals surface area (Å²) in [6.07, 6.45) is 6.39. The maximum atomic E-state index is 12.0. The lowest BCUT2D eigenvalue weighted by Crippen LogP contribution is -2.24. The van der Waals surface area contributed by atoms with E-state index >= 15 is 0 Å². The summed E-state index contributed by atoms with van der Waals surface area (Å²) in [5.41, 5.74) is 0.815. The van der Waals surface area contributed by atoms with E-state index in [0.717, 1.165) is 41.7 Å². The Kier molecular flexibility index (Phi) is 7.32. The predicted octanol–water partition coefficient (Wildman–Crippen LogP) is 3.11. The largest absolute Gasteiger partial charge is 0.377 e. The van der Waals surface area contributed by atoms with Gasteiger partial charge in [-0.15, -0.1) is 10.2 Å². The molecule has 1 aromatic carbocycles. The van der Waals surface area contributed by atoms with E-state index < -0.39 is 0 Å². The second kappa shape index (κ2) is 9.92. The number of hydrogen-bond donors (Lipinski definition) is 1. The van der Waals surface area contributed by atoms with Gasteiger partial charge in [0, 0.05) is 43.5 Å². The summed E-state index contributed by atoms with van der Waals surface area (Å²) in [6.45, 7) is 1.36. The molecule has 1 fully saturated rings.